The first-order valence-corrected chi connectivity index (χ1v) is 6.34. The highest BCUT2D eigenvalue weighted by Gasteiger charge is 2.21. The Morgan fingerprint density at radius 1 is 1.45 bits per heavy atom. The molecule has 3 N–H and O–H groups in total. The monoisotopic (exact) mass is 281 g/mol. The van der Waals surface area contributed by atoms with Crippen LogP contribution in [0.2, 0.25) is 0 Å². The van der Waals surface area contributed by atoms with Crippen molar-refractivity contribution in [3.8, 4) is 0 Å². The second-order valence-corrected chi connectivity index (χ2v) is 4.54. The number of rotatable bonds is 7. The molecule has 0 aliphatic rings. The molecule has 1 aromatic rings. The second kappa shape index (κ2) is 7.56. The Bertz CT molecular complexity index is 489. The van der Waals surface area contributed by atoms with Crippen molar-refractivity contribution in [3.63, 3.8) is 0 Å². The first-order valence-electron chi connectivity index (χ1n) is 6.34. The molecule has 0 spiro atoms. The quantitative estimate of drug-likeness (QED) is 0.386. The van der Waals surface area contributed by atoms with Gasteiger partial charge in [0, 0.05) is 25.2 Å². The van der Waals surface area contributed by atoms with Gasteiger partial charge in [-0.3, -0.25) is 14.9 Å². The van der Waals surface area contributed by atoms with Crippen LogP contribution in [0.15, 0.2) is 18.2 Å². The van der Waals surface area contributed by atoms with E-state index in [4.69, 9.17) is 5.11 Å². The lowest BCUT2D eigenvalue weighted by molar-refractivity contribution is -0.385. The number of nitro benzene ring substituents is 1. The molecule has 1 amide bonds. The minimum atomic E-state index is -0.546. The number of hydrogen-bond donors (Lipinski definition) is 3. The van der Waals surface area contributed by atoms with Crippen LogP contribution in [-0.4, -0.2) is 41.7 Å². The lowest BCUT2D eigenvalue weighted by Crippen LogP contribution is -2.34. The van der Waals surface area contributed by atoms with Gasteiger partial charge in [-0.2, -0.15) is 0 Å². The molecule has 110 valence electrons. The van der Waals surface area contributed by atoms with E-state index in [1.54, 1.807) is 26.0 Å². The molecular formula is C13H19N3O4. The third kappa shape index (κ3) is 4.60. The van der Waals surface area contributed by atoms with E-state index in [-0.39, 0.29) is 11.3 Å². The number of para-hydroxylation sites is 1. The van der Waals surface area contributed by atoms with Gasteiger partial charge < -0.3 is 15.7 Å². The maximum Gasteiger partial charge on any atom is 0.285 e. The van der Waals surface area contributed by atoms with E-state index in [1.165, 1.54) is 6.07 Å². The van der Waals surface area contributed by atoms with Gasteiger partial charge in [-0.1, -0.05) is 12.1 Å². The molecule has 20 heavy (non-hydrogen) atoms. The van der Waals surface area contributed by atoms with E-state index >= 15 is 0 Å². The summed E-state index contributed by atoms with van der Waals surface area (Å²) < 4.78 is 0. The highest BCUT2D eigenvalue weighted by atomic mass is 16.6. The van der Waals surface area contributed by atoms with Crippen LogP contribution in [0.4, 0.5) is 5.69 Å². The highest BCUT2D eigenvalue weighted by Crippen LogP contribution is 2.22. The van der Waals surface area contributed by atoms with Crippen LogP contribution < -0.4 is 10.6 Å². The first kappa shape index (κ1) is 16.1. The predicted octanol–water partition coefficient (Wildman–Crippen LogP) is 0.603. The van der Waals surface area contributed by atoms with E-state index in [0.717, 1.165) is 0 Å². The van der Waals surface area contributed by atoms with Crippen LogP contribution >= 0.6 is 0 Å². The van der Waals surface area contributed by atoms with Crippen LogP contribution in [0, 0.1) is 17.0 Å². The molecular weight excluding hydrogens is 262 g/mol. The molecule has 1 atom stereocenters. The largest absolute Gasteiger partial charge is 0.392 e. The summed E-state index contributed by atoms with van der Waals surface area (Å²) in [6.07, 6.45) is -0.455. The van der Waals surface area contributed by atoms with Crippen molar-refractivity contribution in [3.05, 3.63) is 39.4 Å². The maximum atomic E-state index is 11.9. The fourth-order valence-electron chi connectivity index (χ4n) is 1.76. The smallest absolute Gasteiger partial charge is 0.285 e. The van der Waals surface area contributed by atoms with Gasteiger partial charge in [-0.25, -0.2) is 0 Å². The molecule has 0 fully saturated rings. The Morgan fingerprint density at radius 3 is 2.75 bits per heavy atom. The van der Waals surface area contributed by atoms with Crippen LogP contribution in [0.25, 0.3) is 0 Å². The van der Waals surface area contributed by atoms with Crippen LogP contribution in [-0.2, 0) is 0 Å². The summed E-state index contributed by atoms with van der Waals surface area (Å²) in [5.74, 6) is -0.473. The van der Waals surface area contributed by atoms with E-state index in [0.29, 0.717) is 25.2 Å². The van der Waals surface area contributed by atoms with Gasteiger partial charge >= 0.3 is 0 Å². The zero-order valence-electron chi connectivity index (χ0n) is 11.5. The SMILES string of the molecule is Cc1cccc(C(=O)NCCNCC(C)O)c1[N+](=O)[O-]. The molecule has 0 aliphatic heterocycles. The Balaban J connectivity index is 2.60. The van der Waals surface area contributed by atoms with Gasteiger partial charge in [0.15, 0.2) is 0 Å². The molecule has 1 aromatic carbocycles. The second-order valence-electron chi connectivity index (χ2n) is 4.54. The topological polar surface area (TPSA) is 104 Å². The van der Waals surface area contributed by atoms with Gasteiger partial charge in [0.25, 0.3) is 11.6 Å². The molecule has 0 saturated carbocycles. The molecule has 0 bridgehead atoms. The zero-order chi connectivity index (χ0) is 15.1. The minimum Gasteiger partial charge on any atom is -0.392 e. The summed E-state index contributed by atoms with van der Waals surface area (Å²) in [6.45, 7) is 4.49. The number of hydrogen-bond acceptors (Lipinski definition) is 5. The number of carbonyl (C=O) groups excluding carboxylic acids is 1. The molecule has 0 aliphatic carbocycles. The maximum absolute atomic E-state index is 11.9. The van der Waals surface area contributed by atoms with Gasteiger partial charge in [0.1, 0.15) is 5.56 Å². The number of aliphatic hydroxyl groups excluding tert-OH is 1. The zero-order valence-corrected chi connectivity index (χ0v) is 11.5. The van der Waals surface area contributed by atoms with E-state index in [9.17, 15) is 14.9 Å². The third-order valence-corrected chi connectivity index (χ3v) is 2.69. The van der Waals surface area contributed by atoms with Gasteiger partial charge in [-0.15, -0.1) is 0 Å². The number of benzene rings is 1. The van der Waals surface area contributed by atoms with Gasteiger partial charge in [0.05, 0.1) is 11.0 Å². The molecule has 0 aromatic heterocycles. The summed E-state index contributed by atoms with van der Waals surface area (Å²) in [4.78, 5) is 22.4. The fraction of sp³-hybridized carbons (Fsp3) is 0.462. The molecule has 7 heteroatoms. The van der Waals surface area contributed by atoms with Crippen molar-refractivity contribution in [2.45, 2.75) is 20.0 Å². The minimum absolute atomic E-state index is 0.0607. The summed E-state index contributed by atoms with van der Waals surface area (Å²) in [7, 11) is 0. The Morgan fingerprint density at radius 2 is 2.15 bits per heavy atom. The summed E-state index contributed by atoms with van der Waals surface area (Å²) in [6, 6.07) is 4.64. The Kier molecular flexibility index (Phi) is 6.08. The molecule has 7 nitrogen and oxygen atoms in total. The van der Waals surface area contributed by atoms with Crippen molar-refractivity contribution in [1.29, 1.82) is 0 Å². The van der Waals surface area contributed by atoms with Crippen LogP contribution in [0.3, 0.4) is 0 Å². The molecule has 1 rings (SSSR count). The number of carbonyl (C=O) groups is 1. The normalized spacial score (nSPS) is 11.9. The van der Waals surface area contributed by atoms with Crippen LogP contribution in [0.5, 0.6) is 0 Å². The standard InChI is InChI=1S/C13H19N3O4/c1-9-4-3-5-11(12(9)16(19)20)13(18)15-7-6-14-8-10(2)17/h3-5,10,14,17H,6-8H2,1-2H3,(H,15,18). The molecule has 0 heterocycles. The average Bonchev–Trinajstić information content (AvgIpc) is 2.36. The molecule has 0 radical (unpaired) electrons. The number of nitro groups is 1. The molecule has 1 unspecified atom stereocenters. The number of aryl methyl sites for hydroxylation is 1. The van der Waals surface area contributed by atoms with Crippen molar-refractivity contribution in [1.82, 2.24) is 10.6 Å². The fourth-order valence-corrected chi connectivity index (χ4v) is 1.76. The lowest BCUT2D eigenvalue weighted by atomic mass is 10.1. The highest BCUT2D eigenvalue weighted by molar-refractivity contribution is 5.98. The Labute approximate surface area is 117 Å². The first-order chi connectivity index (χ1) is 9.43. The van der Waals surface area contributed by atoms with Crippen molar-refractivity contribution >= 4 is 11.6 Å². The number of nitrogens with one attached hydrogen (secondary N) is 2. The summed E-state index contributed by atoms with van der Waals surface area (Å²) in [5.41, 5.74) is 0.349. The summed E-state index contributed by atoms with van der Waals surface area (Å²) >= 11 is 0. The lowest BCUT2D eigenvalue weighted by Gasteiger charge is -2.09. The number of nitrogens with zero attached hydrogens (tertiary/aromatic N) is 1. The number of aliphatic hydroxyl groups is 1. The van der Waals surface area contributed by atoms with E-state index < -0.39 is 16.9 Å². The van der Waals surface area contributed by atoms with E-state index in [1.807, 2.05) is 0 Å². The summed E-state index contributed by atoms with van der Waals surface area (Å²) in [5, 5.41) is 25.6. The molecule has 0 saturated heterocycles. The Hall–Kier alpha value is -1.99. The number of amides is 1. The third-order valence-electron chi connectivity index (χ3n) is 2.69. The van der Waals surface area contributed by atoms with Crippen molar-refractivity contribution in [2.24, 2.45) is 0 Å². The predicted molar refractivity (Wildman–Crippen MR) is 74.7 cm³/mol. The van der Waals surface area contributed by atoms with Crippen LogP contribution in [0.1, 0.15) is 22.8 Å². The van der Waals surface area contributed by atoms with Gasteiger partial charge in [0.2, 0.25) is 0 Å². The van der Waals surface area contributed by atoms with E-state index in [2.05, 4.69) is 10.6 Å². The van der Waals surface area contributed by atoms with Gasteiger partial charge in [-0.05, 0) is 19.9 Å². The van der Waals surface area contributed by atoms with Crippen molar-refractivity contribution < 1.29 is 14.8 Å². The van der Waals surface area contributed by atoms with Crippen molar-refractivity contribution in [2.75, 3.05) is 19.6 Å². The average molecular weight is 281 g/mol.